The van der Waals surface area contributed by atoms with Crippen molar-refractivity contribution in [2.24, 2.45) is 5.92 Å². The third-order valence-electron chi connectivity index (χ3n) is 4.31. The monoisotopic (exact) mass is 287 g/mol. The molecule has 1 heterocycles. The van der Waals surface area contributed by atoms with E-state index >= 15 is 0 Å². The van der Waals surface area contributed by atoms with E-state index in [4.69, 9.17) is 4.74 Å². The van der Waals surface area contributed by atoms with Crippen molar-refractivity contribution < 1.29 is 14.3 Å². The summed E-state index contributed by atoms with van der Waals surface area (Å²) in [6.45, 7) is 0.438. The van der Waals surface area contributed by atoms with Crippen molar-refractivity contribution in [3.63, 3.8) is 0 Å². The van der Waals surface area contributed by atoms with Crippen molar-refractivity contribution in [1.82, 2.24) is 4.90 Å². The van der Waals surface area contributed by atoms with Crippen LogP contribution in [0.15, 0.2) is 30.3 Å². The Morgan fingerprint density at radius 3 is 2.71 bits per heavy atom. The number of benzene rings is 1. The van der Waals surface area contributed by atoms with Gasteiger partial charge in [0.25, 0.3) is 0 Å². The van der Waals surface area contributed by atoms with E-state index in [-0.39, 0.29) is 11.9 Å². The van der Waals surface area contributed by atoms with Crippen LogP contribution in [0.3, 0.4) is 0 Å². The molecule has 2 aliphatic rings. The molecule has 1 aromatic carbocycles. The molecule has 21 heavy (non-hydrogen) atoms. The van der Waals surface area contributed by atoms with Gasteiger partial charge in [-0.05, 0) is 24.3 Å². The van der Waals surface area contributed by atoms with Crippen LogP contribution in [0.25, 0.3) is 0 Å². The second-order valence-electron chi connectivity index (χ2n) is 5.99. The van der Waals surface area contributed by atoms with Crippen LogP contribution in [0.1, 0.15) is 31.2 Å². The van der Waals surface area contributed by atoms with Crippen LogP contribution >= 0.6 is 0 Å². The van der Waals surface area contributed by atoms with Gasteiger partial charge in [0, 0.05) is 6.42 Å². The first-order valence-corrected chi connectivity index (χ1v) is 7.70. The van der Waals surface area contributed by atoms with Gasteiger partial charge in [0.1, 0.15) is 0 Å². The smallest absolute Gasteiger partial charge is 0.225 e. The average Bonchev–Trinajstić information content (AvgIpc) is 3.26. The third-order valence-corrected chi connectivity index (χ3v) is 4.31. The Balaban J connectivity index is 1.65. The van der Waals surface area contributed by atoms with Gasteiger partial charge in [-0.3, -0.25) is 9.59 Å². The minimum absolute atomic E-state index is 0.0331. The van der Waals surface area contributed by atoms with Gasteiger partial charge in [-0.25, -0.2) is 0 Å². The fraction of sp³-hybridized carbons (Fsp3) is 0.529. The van der Waals surface area contributed by atoms with Gasteiger partial charge in [-0.15, -0.1) is 0 Å². The Labute approximate surface area is 125 Å². The lowest BCUT2D eigenvalue weighted by Crippen LogP contribution is -2.43. The number of ether oxygens (including phenoxy) is 1. The second kappa shape index (κ2) is 6.39. The minimum Gasteiger partial charge on any atom is -0.349 e. The van der Waals surface area contributed by atoms with Crippen molar-refractivity contribution in [3.05, 3.63) is 35.9 Å². The van der Waals surface area contributed by atoms with Crippen LogP contribution in [0.4, 0.5) is 0 Å². The summed E-state index contributed by atoms with van der Waals surface area (Å²) < 4.78 is 5.48. The Bertz CT molecular complexity index is 498. The molecule has 1 unspecified atom stereocenters. The molecule has 1 saturated carbocycles. The Morgan fingerprint density at radius 2 is 2.05 bits per heavy atom. The Morgan fingerprint density at radius 1 is 1.29 bits per heavy atom. The average molecular weight is 287 g/mol. The topological polar surface area (TPSA) is 46.6 Å². The highest BCUT2D eigenvalue weighted by Gasteiger charge is 2.37. The molecule has 4 heteroatoms. The molecule has 0 aromatic heterocycles. The number of carbonyl (C=O) groups excluding carboxylic acids is 2. The number of nitrogens with zero attached hydrogens (tertiary/aromatic N) is 1. The number of amides is 1. The van der Waals surface area contributed by atoms with Gasteiger partial charge in [0.2, 0.25) is 5.91 Å². The van der Waals surface area contributed by atoms with E-state index in [2.05, 4.69) is 0 Å². The maximum atomic E-state index is 12.4. The fourth-order valence-electron chi connectivity index (χ4n) is 2.94. The summed E-state index contributed by atoms with van der Waals surface area (Å²) >= 11 is 0. The zero-order valence-corrected chi connectivity index (χ0v) is 12.1. The molecule has 0 spiro atoms. The van der Waals surface area contributed by atoms with Gasteiger partial charge in [-0.1, -0.05) is 43.2 Å². The van der Waals surface area contributed by atoms with Crippen molar-refractivity contribution in [3.8, 4) is 0 Å². The van der Waals surface area contributed by atoms with E-state index in [1.54, 1.807) is 4.90 Å². The van der Waals surface area contributed by atoms with Gasteiger partial charge in [0.05, 0.1) is 12.6 Å². The molecule has 1 aliphatic carbocycles. The maximum absolute atomic E-state index is 12.4. The summed E-state index contributed by atoms with van der Waals surface area (Å²) in [7, 11) is 0. The summed E-state index contributed by atoms with van der Waals surface area (Å²) in [6, 6.07) is 10.0. The Hall–Kier alpha value is -1.68. The molecule has 0 bridgehead atoms. The molecule has 2 atom stereocenters. The zero-order valence-electron chi connectivity index (χ0n) is 12.1. The van der Waals surface area contributed by atoms with Crippen molar-refractivity contribution in [2.75, 3.05) is 6.61 Å². The minimum atomic E-state index is -0.703. The van der Waals surface area contributed by atoms with Gasteiger partial charge < -0.3 is 9.64 Å². The van der Waals surface area contributed by atoms with Gasteiger partial charge >= 0.3 is 0 Å². The van der Waals surface area contributed by atoms with Crippen molar-refractivity contribution in [2.45, 2.75) is 44.4 Å². The molecule has 1 amide bonds. The highest BCUT2D eigenvalue weighted by molar-refractivity contribution is 5.80. The molecular weight excluding hydrogens is 266 g/mol. The molecule has 1 saturated heterocycles. The summed E-state index contributed by atoms with van der Waals surface area (Å²) in [5.41, 5.74) is 1.16. The largest absolute Gasteiger partial charge is 0.349 e. The Kier molecular flexibility index (Phi) is 4.34. The SMILES string of the molecule is O=CC1OC[C@H](Cc2ccccc2)N1C(=O)CCC1CC1. The number of hydrogen-bond acceptors (Lipinski definition) is 3. The number of carbonyl (C=O) groups is 2. The second-order valence-corrected chi connectivity index (χ2v) is 5.99. The molecule has 4 nitrogen and oxygen atoms in total. The standard InChI is InChI=1S/C17H21NO3/c19-11-17-18(16(20)9-8-13-6-7-13)15(12-21-17)10-14-4-2-1-3-5-14/h1-5,11,13,15,17H,6-10,12H2/t15-,17?/m0/s1. The first-order valence-electron chi connectivity index (χ1n) is 7.70. The number of aldehydes is 1. The molecule has 1 aromatic rings. The molecule has 0 N–H and O–H groups in total. The predicted octanol–water partition coefficient (Wildman–Crippen LogP) is 2.17. The zero-order chi connectivity index (χ0) is 14.7. The van der Waals surface area contributed by atoms with Gasteiger partial charge in [0.15, 0.2) is 12.5 Å². The molecule has 112 valence electrons. The summed E-state index contributed by atoms with van der Waals surface area (Å²) in [5.74, 6) is 0.775. The normalized spacial score (nSPS) is 25.0. The van der Waals surface area contributed by atoms with Crippen molar-refractivity contribution in [1.29, 1.82) is 0 Å². The fourth-order valence-corrected chi connectivity index (χ4v) is 2.94. The highest BCUT2D eigenvalue weighted by Crippen LogP contribution is 2.34. The van der Waals surface area contributed by atoms with Crippen LogP contribution < -0.4 is 0 Å². The van der Waals surface area contributed by atoms with Crippen LogP contribution in [0.2, 0.25) is 0 Å². The summed E-state index contributed by atoms with van der Waals surface area (Å²) in [5, 5.41) is 0. The molecule has 2 fully saturated rings. The number of hydrogen-bond donors (Lipinski definition) is 0. The third kappa shape index (κ3) is 3.50. The number of rotatable bonds is 6. The summed E-state index contributed by atoms with van der Waals surface area (Å²) in [4.78, 5) is 25.2. The molecule has 1 aliphatic heterocycles. The predicted molar refractivity (Wildman–Crippen MR) is 78.5 cm³/mol. The molecular formula is C17H21NO3. The van der Waals surface area contributed by atoms with Crippen LogP contribution in [-0.2, 0) is 20.7 Å². The van der Waals surface area contributed by atoms with E-state index in [0.29, 0.717) is 13.0 Å². The van der Waals surface area contributed by atoms with E-state index in [1.165, 1.54) is 12.8 Å². The lowest BCUT2D eigenvalue weighted by atomic mass is 10.0. The quantitative estimate of drug-likeness (QED) is 0.753. The van der Waals surface area contributed by atoms with Crippen LogP contribution in [0.5, 0.6) is 0 Å². The van der Waals surface area contributed by atoms with E-state index < -0.39 is 6.23 Å². The molecule has 3 rings (SSSR count). The summed E-state index contributed by atoms with van der Waals surface area (Å²) in [6.07, 6.45) is 4.73. The van der Waals surface area contributed by atoms with Crippen molar-refractivity contribution >= 4 is 12.2 Å². The highest BCUT2D eigenvalue weighted by atomic mass is 16.5. The van der Waals surface area contributed by atoms with E-state index in [0.717, 1.165) is 30.6 Å². The molecule has 0 radical (unpaired) electrons. The maximum Gasteiger partial charge on any atom is 0.225 e. The lowest BCUT2D eigenvalue weighted by Gasteiger charge is -2.25. The first-order chi connectivity index (χ1) is 10.3. The van der Waals surface area contributed by atoms with E-state index in [1.807, 2.05) is 30.3 Å². The first kappa shape index (κ1) is 14.3. The lowest BCUT2D eigenvalue weighted by molar-refractivity contribution is -0.142. The van der Waals surface area contributed by atoms with Gasteiger partial charge in [-0.2, -0.15) is 0 Å². The van der Waals surface area contributed by atoms with Crippen LogP contribution in [0, 0.1) is 5.92 Å². The van der Waals surface area contributed by atoms with E-state index in [9.17, 15) is 9.59 Å². The van der Waals surface area contributed by atoms with Crippen LogP contribution in [-0.4, -0.2) is 36.0 Å².